The number of nitriles is 1. The summed E-state index contributed by atoms with van der Waals surface area (Å²) in [6.45, 7) is 0. The van der Waals surface area contributed by atoms with Crippen molar-refractivity contribution in [2.24, 2.45) is 0 Å². The third-order valence-corrected chi connectivity index (χ3v) is 8.96. The number of hydrogen-bond donors (Lipinski definition) is 1. The first-order valence-corrected chi connectivity index (χ1v) is 16.0. The molecular formula is C44H29N3O2. The number of nitrogens with zero attached hydrogens (tertiary/aromatic N) is 3. The molecule has 5 heteroatoms. The monoisotopic (exact) mass is 631 g/mol. The van der Waals surface area contributed by atoms with Crippen LogP contribution in [0.5, 0.6) is 0 Å². The lowest BCUT2D eigenvalue weighted by atomic mass is 9.91. The van der Waals surface area contributed by atoms with Crippen LogP contribution in [0.2, 0.25) is 0 Å². The van der Waals surface area contributed by atoms with Gasteiger partial charge in [-0.2, -0.15) is 5.26 Å². The number of carboxylic acid groups (broad SMARTS) is 1. The molecule has 8 aromatic carbocycles. The fraction of sp³-hybridized carbons (Fsp3) is 0. The van der Waals surface area contributed by atoms with Crippen LogP contribution in [0.1, 0.15) is 5.56 Å². The SMILES string of the molecule is N#C/C(=C\c1ccc(N(c2ccccc2)c2ccc3ccc4c(N(c5ccccc5)c5ccccc5)ccc5ccc2c3c54)cc1)C(=O)O. The van der Waals surface area contributed by atoms with Gasteiger partial charge in [0.1, 0.15) is 11.6 Å². The van der Waals surface area contributed by atoms with Crippen LogP contribution >= 0.6 is 0 Å². The van der Waals surface area contributed by atoms with Gasteiger partial charge in [0.2, 0.25) is 0 Å². The van der Waals surface area contributed by atoms with E-state index in [2.05, 4.69) is 119 Å². The van der Waals surface area contributed by atoms with E-state index in [0.717, 1.165) is 50.3 Å². The van der Waals surface area contributed by atoms with Crippen LogP contribution in [0.15, 0.2) is 169 Å². The van der Waals surface area contributed by atoms with Gasteiger partial charge >= 0.3 is 5.97 Å². The fourth-order valence-corrected chi connectivity index (χ4v) is 6.77. The molecule has 0 aliphatic rings. The highest BCUT2D eigenvalue weighted by molar-refractivity contribution is 6.28. The molecule has 5 nitrogen and oxygen atoms in total. The number of carboxylic acids is 1. The summed E-state index contributed by atoms with van der Waals surface area (Å²) in [5.74, 6) is -1.25. The van der Waals surface area contributed by atoms with E-state index in [-0.39, 0.29) is 5.57 Å². The van der Waals surface area contributed by atoms with Gasteiger partial charge in [-0.1, -0.05) is 103 Å². The number of carbonyl (C=O) groups is 1. The van der Waals surface area contributed by atoms with Crippen LogP contribution in [0, 0.1) is 11.3 Å². The molecule has 1 N–H and O–H groups in total. The Labute approximate surface area is 283 Å². The third-order valence-electron chi connectivity index (χ3n) is 8.96. The first-order chi connectivity index (χ1) is 24.1. The Morgan fingerprint density at radius 2 is 0.898 bits per heavy atom. The van der Waals surface area contributed by atoms with Crippen LogP contribution in [-0.4, -0.2) is 11.1 Å². The summed E-state index contributed by atoms with van der Waals surface area (Å²) in [5.41, 5.74) is 6.53. The van der Waals surface area contributed by atoms with Gasteiger partial charge in [0.25, 0.3) is 0 Å². The third kappa shape index (κ3) is 5.28. The van der Waals surface area contributed by atoms with E-state index in [0.29, 0.717) is 5.56 Å². The van der Waals surface area contributed by atoms with Crippen molar-refractivity contribution in [2.45, 2.75) is 0 Å². The van der Waals surface area contributed by atoms with E-state index in [4.69, 9.17) is 0 Å². The summed E-state index contributed by atoms with van der Waals surface area (Å²) < 4.78 is 0. The molecule has 0 amide bonds. The van der Waals surface area contributed by atoms with Crippen molar-refractivity contribution in [2.75, 3.05) is 9.80 Å². The zero-order chi connectivity index (χ0) is 33.3. The highest BCUT2D eigenvalue weighted by Crippen LogP contribution is 2.47. The summed E-state index contributed by atoms with van der Waals surface area (Å²) in [6.07, 6.45) is 1.39. The molecule has 0 radical (unpaired) electrons. The van der Waals surface area contributed by atoms with Crippen LogP contribution in [0.25, 0.3) is 38.4 Å². The van der Waals surface area contributed by atoms with Crippen LogP contribution in [-0.2, 0) is 4.79 Å². The highest BCUT2D eigenvalue weighted by atomic mass is 16.4. The molecule has 8 aromatic rings. The predicted molar refractivity (Wildman–Crippen MR) is 201 cm³/mol. The number of benzene rings is 8. The molecule has 0 aliphatic carbocycles. The number of aliphatic carboxylic acids is 1. The van der Waals surface area contributed by atoms with Gasteiger partial charge in [-0.25, -0.2) is 4.79 Å². The molecule has 8 rings (SSSR count). The lowest BCUT2D eigenvalue weighted by Crippen LogP contribution is -2.11. The summed E-state index contributed by atoms with van der Waals surface area (Å²) in [7, 11) is 0. The lowest BCUT2D eigenvalue weighted by Gasteiger charge is -2.29. The Morgan fingerprint density at radius 3 is 1.29 bits per heavy atom. The van der Waals surface area contributed by atoms with E-state index in [1.807, 2.05) is 54.6 Å². The Balaban J connectivity index is 1.35. The number of hydrogen-bond acceptors (Lipinski definition) is 4. The van der Waals surface area contributed by atoms with Gasteiger partial charge in [0.15, 0.2) is 0 Å². The first kappa shape index (κ1) is 29.5. The van der Waals surface area contributed by atoms with Crippen molar-refractivity contribution >= 4 is 78.5 Å². The second kappa shape index (κ2) is 12.4. The van der Waals surface area contributed by atoms with Gasteiger partial charge in [0, 0.05) is 33.5 Å². The van der Waals surface area contributed by atoms with E-state index >= 15 is 0 Å². The van der Waals surface area contributed by atoms with Crippen molar-refractivity contribution in [3.63, 3.8) is 0 Å². The summed E-state index contributed by atoms with van der Waals surface area (Å²) >= 11 is 0. The Hall–Kier alpha value is -6.90. The van der Waals surface area contributed by atoms with Crippen LogP contribution in [0.3, 0.4) is 0 Å². The van der Waals surface area contributed by atoms with E-state index in [1.165, 1.54) is 22.2 Å². The minimum absolute atomic E-state index is 0.308. The highest BCUT2D eigenvalue weighted by Gasteiger charge is 2.21. The van der Waals surface area contributed by atoms with Gasteiger partial charge in [0.05, 0.1) is 11.4 Å². The quantitative estimate of drug-likeness (QED) is 0.103. The Kier molecular flexibility index (Phi) is 7.45. The maximum atomic E-state index is 11.5. The van der Waals surface area contributed by atoms with Crippen molar-refractivity contribution in [3.05, 3.63) is 175 Å². The van der Waals surface area contributed by atoms with Crippen molar-refractivity contribution in [3.8, 4) is 6.07 Å². The van der Waals surface area contributed by atoms with E-state index in [9.17, 15) is 15.2 Å². The molecule has 0 unspecified atom stereocenters. The minimum Gasteiger partial charge on any atom is -0.477 e. The summed E-state index contributed by atoms with van der Waals surface area (Å²) in [4.78, 5) is 16.0. The summed E-state index contributed by atoms with van der Waals surface area (Å²) in [6, 6.07) is 58.2. The Bertz CT molecular complexity index is 2480. The standard InChI is InChI=1S/C44H29N3O2/c45-29-33(44(48)49)28-30-16-22-37(23-17-30)47(36-14-8-3-9-15-36)41-27-21-32-18-24-38-40(26-20-31-19-25-39(41)43(32)42(31)38)46(34-10-4-1-5-11-34)35-12-6-2-7-13-35/h1-28H,(H,48,49)/b33-28+. The molecule has 0 saturated heterocycles. The molecule has 0 heterocycles. The second-order valence-corrected chi connectivity index (χ2v) is 11.8. The molecule has 0 saturated carbocycles. The molecule has 0 atom stereocenters. The van der Waals surface area contributed by atoms with Gasteiger partial charge in [-0.05, 0) is 93.8 Å². The minimum atomic E-state index is -1.25. The van der Waals surface area contributed by atoms with Crippen molar-refractivity contribution < 1.29 is 9.90 Å². The molecule has 0 aliphatic heterocycles. The van der Waals surface area contributed by atoms with Gasteiger partial charge < -0.3 is 14.9 Å². The smallest absolute Gasteiger partial charge is 0.346 e. The van der Waals surface area contributed by atoms with Crippen molar-refractivity contribution in [1.82, 2.24) is 0 Å². The zero-order valence-corrected chi connectivity index (χ0v) is 26.4. The average molecular weight is 632 g/mol. The van der Waals surface area contributed by atoms with E-state index < -0.39 is 5.97 Å². The molecule has 0 fully saturated rings. The first-order valence-electron chi connectivity index (χ1n) is 16.0. The lowest BCUT2D eigenvalue weighted by molar-refractivity contribution is -0.132. The van der Waals surface area contributed by atoms with Crippen LogP contribution < -0.4 is 9.80 Å². The largest absolute Gasteiger partial charge is 0.477 e. The molecular weight excluding hydrogens is 603 g/mol. The van der Waals surface area contributed by atoms with Crippen LogP contribution in [0.4, 0.5) is 34.1 Å². The van der Waals surface area contributed by atoms with Gasteiger partial charge in [-0.15, -0.1) is 0 Å². The topological polar surface area (TPSA) is 67.6 Å². The fourth-order valence-electron chi connectivity index (χ4n) is 6.77. The zero-order valence-electron chi connectivity index (χ0n) is 26.4. The van der Waals surface area contributed by atoms with Gasteiger partial charge in [-0.3, -0.25) is 0 Å². The predicted octanol–water partition coefficient (Wildman–Crippen LogP) is 11.5. The number of rotatable bonds is 8. The maximum absolute atomic E-state index is 11.5. The molecule has 49 heavy (non-hydrogen) atoms. The molecule has 232 valence electrons. The normalized spacial score (nSPS) is 11.5. The van der Waals surface area contributed by atoms with E-state index in [1.54, 1.807) is 6.07 Å². The Morgan fingerprint density at radius 1 is 0.510 bits per heavy atom. The van der Waals surface area contributed by atoms with Crippen molar-refractivity contribution in [1.29, 1.82) is 5.26 Å². The average Bonchev–Trinajstić information content (AvgIpc) is 3.16. The second-order valence-electron chi connectivity index (χ2n) is 11.8. The maximum Gasteiger partial charge on any atom is 0.346 e. The number of para-hydroxylation sites is 3. The summed E-state index contributed by atoms with van der Waals surface area (Å²) in [5, 5.41) is 25.6. The molecule has 0 spiro atoms. The number of anilines is 6. The molecule has 0 bridgehead atoms. The molecule has 0 aromatic heterocycles.